The molecule has 0 saturated heterocycles. The number of aromatic amines is 1. The maximum atomic E-state index is 12.2. The van der Waals surface area contributed by atoms with Crippen LogP contribution in [0.5, 0.6) is 0 Å². The van der Waals surface area contributed by atoms with Gasteiger partial charge >= 0.3 is 12.1 Å². The van der Waals surface area contributed by atoms with E-state index in [2.05, 4.69) is 32.9 Å². The molecule has 0 radical (unpaired) electrons. The average Bonchev–Trinajstić information content (AvgIpc) is 3.49. The number of para-hydroxylation sites is 1. The highest BCUT2D eigenvalue weighted by Crippen LogP contribution is 2.20. The Morgan fingerprint density at radius 1 is 1.03 bits per heavy atom. The number of nitrogens with zero attached hydrogens (tertiary/aromatic N) is 1. The minimum atomic E-state index is -5.08. The highest BCUT2D eigenvalue weighted by molar-refractivity contribution is 5.93. The molecule has 184 valence electrons. The van der Waals surface area contributed by atoms with Gasteiger partial charge in [0.1, 0.15) is 0 Å². The van der Waals surface area contributed by atoms with Crippen molar-refractivity contribution in [2.75, 3.05) is 13.1 Å². The summed E-state index contributed by atoms with van der Waals surface area (Å²) in [4.78, 5) is 24.4. The maximum Gasteiger partial charge on any atom is 0.490 e. The molecule has 4 N–H and O–H groups in total. The van der Waals surface area contributed by atoms with E-state index < -0.39 is 12.1 Å². The molecule has 0 fully saturated rings. The van der Waals surface area contributed by atoms with Crippen LogP contribution in [-0.2, 0) is 11.3 Å². The lowest BCUT2D eigenvalue weighted by Gasteiger charge is -2.05. The van der Waals surface area contributed by atoms with Crippen LogP contribution in [-0.4, -0.2) is 46.4 Å². The summed E-state index contributed by atoms with van der Waals surface area (Å²) in [6, 6.07) is 19.5. The van der Waals surface area contributed by atoms with Gasteiger partial charge in [-0.3, -0.25) is 4.79 Å². The molecule has 0 aliphatic carbocycles. The Morgan fingerprint density at radius 3 is 2.43 bits per heavy atom. The molecule has 11 heteroatoms. The first-order chi connectivity index (χ1) is 16.8. The number of aliphatic carboxylic acids is 1. The number of nitrogens with one attached hydrogen (secondary N) is 3. The molecule has 0 saturated carbocycles. The van der Waals surface area contributed by atoms with Gasteiger partial charge in [0.2, 0.25) is 0 Å². The van der Waals surface area contributed by atoms with Crippen LogP contribution >= 0.6 is 0 Å². The topological polar surface area (TPSA) is 120 Å². The van der Waals surface area contributed by atoms with Crippen LogP contribution in [0.1, 0.15) is 22.5 Å². The Labute approximate surface area is 198 Å². The van der Waals surface area contributed by atoms with Gasteiger partial charge in [-0.1, -0.05) is 53.7 Å². The Morgan fingerprint density at radius 2 is 1.71 bits per heavy atom. The molecular weight excluding hydrogens is 465 g/mol. The summed E-state index contributed by atoms with van der Waals surface area (Å²) in [5.74, 6) is -2.39. The first-order valence-electron chi connectivity index (χ1n) is 10.6. The van der Waals surface area contributed by atoms with Gasteiger partial charge in [0.15, 0.2) is 11.5 Å². The van der Waals surface area contributed by atoms with Crippen LogP contribution in [0.4, 0.5) is 13.2 Å². The van der Waals surface area contributed by atoms with Crippen molar-refractivity contribution >= 4 is 22.8 Å². The molecule has 2 aromatic heterocycles. The smallest absolute Gasteiger partial charge is 0.475 e. The fourth-order valence-electron chi connectivity index (χ4n) is 3.13. The summed E-state index contributed by atoms with van der Waals surface area (Å²) >= 11 is 0. The summed E-state index contributed by atoms with van der Waals surface area (Å²) < 4.78 is 37.0. The van der Waals surface area contributed by atoms with Gasteiger partial charge in [-0.15, -0.1) is 0 Å². The lowest BCUT2D eigenvalue weighted by Crippen LogP contribution is -2.27. The second-order valence-electron chi connectivity index (χ2n) is 7.39. The third-order valence-corrected chi connectivity index (χ3v) is 4.85. The zero-order valence-electron chi connectivity index (χ0n) is 18.4. The second kappa shape index (κ2) is 11.8. The van der Waals surface area contributed by atoms with Crippen molar-refractivity contribution in [2.24, 2.45) is 0 Å². The minimum absolute atomic E-state index is 0.220. The molecule has 8 nitrogen and oxygen atoms in total. The molecule has 35 heavy (non-hydrogen) atoms. The molecule has 0 spiro atoms. The summed E-state index contributed by atoms with van der Waals surface area (Å²) in [6.45, 7) is 2.18. The number of carboxylic acids is 1. The zero-order valence-corrected chi connectivity index (χ0v) is 18.4. The van der Waals surface area contributed by atoms with Crippen LogP contribution in [0.3, 0.4) is 0 Å². The summed E-state index contributed by atoms with van der Waals surface area (Å²) in [7, 11) is 0. The van der Waals surface area contributed by atoms with Gasteiger partial charge in [-0.05, 0) is 24.6 Å². The van der Waals surface area contributed by atoms with Gasteiger partial charge < -0.3 is 25.2 Å². The van der Waals surface area contributed by atoms with Gasteiger partial charge in [-0.2, -0.15) is 13.2 Å². The number of carbonyl (C=O) groups excluding carboxylic acids is 1. The molecule has 0 bridgehead atoms. The first kappa shape index (κ1) is 25.5. The van der Waals surface area contributed by atoms with Crippen LogP contribution in [0.15, 0.2) is 71.4 Å². The van der Waals surface area contributed by atoms with E-state index in [1.54, 1.807) is 6.07 Å². The first-order valence-corrected chi connectivity index (χ1v) is 10.6. The van der Waals surface area contributed by atoms with Crippen LogP contribution < -0.4 is 10.6 Å². The molecule has 0 aliphatic heterocycles. The van der Waals surface area contributed by atoms with Crippen molar-refractivity contribution in [3.05, 3.63) is 78.1 Å². The fraction of sp³-hybridized carbons (Fsp3) is 0.208. The average molecular weight is 488 g/mol. The lowest BCUT2D eigenvalue weighted by molar-refractivity contribution is -0.192. The predicted molar refractivity (Wildman–Crippen MR) is 123 cm³/mol. The van der Waals surface area contributed by atoms with Gasteiger partial charge in [-0.25, -0.2) is 4.79 Å². The van der Waals surface area contributed by atoms with Crippen molar-refractivity contribution in [2.45, 2.75) is 19.1 Å². The van der Waals surface area contributed by atoms with E-state index in [-0.39, 0.29) is 5.91 Å². The number of hydrogen-bond donors (Lipinski definition) is 4. The van der Waals surface area contributed by atoms with Crippen LogP contribution in [0.25, 0.3) is 22.2 Å². The van der Waals surface area contributed by atoms with Crippen molar-refractivity contribution in [3.8, 4) is 11.3 Å². The number of aromatic nitrogens is 2. The molecule has 0 unspecified atom stereocenters. The third-order valence-electron chi connectivity index (χ3n) is 4.85. The molecule has 0 aliphatic rings. The maximum absolute atomic E-state index is 12.2. The number of H-pyrrole nitrogens is 1. The van der Waals surface area contributed by atoms with E-state index in [9.17, 15) is 18.0 Å². The zero-order chi connectivity index (χ0) is 25.3. The van der Waals surface area contributed by atoms with Crippen molar-refractivity contribution in [1.82, 2.24) is 20.8 Å². The Balaban J connectivity index is 0.000000429. The predicted octanol–water partition coefficient (Wildman–Crippen LogP) is 4.37. The van der Waals surface area contributed by atoms with Gasteiger partial charge in [0, 0.05) is 41.8 Å². The largest absolute Gasteiger partial charge is 0.490 e. The number of hydrogen-bond acceptors (Lipinski definition) is 5. The highest BCUT2D eigenvalue weighted by Gasteiger charge is 2.38. The van der Waals surface area contributed by atoms with Crippen molar-refractivity contribution in [3.63, 3.8) is 0 Å². The molecular formula is C24H23F3N4O4. The number of halogens is 3. The molecule has 2 heterocycles. The molecule has 4 rings (SSSR count). The minimum Gasteiger partial charge on any atom is -0.475 e. The highest BCUT2D eigenvalue weighted by atomic mass is 19.4. The number of benzene rings is 2. The van der Waals surface area contributed by atoms with Crippen LogP contribution in [0.2, 0.25) is 0 Å². The number of fused-ring (bicyclic) bond motifs is 1. The quantitative estimate of drug-likeness (QED) is 0.274. The van der Waals surface area contributed by atoms with E-state index >= 15 is 0 Å². The number of carbonyl (C=O) groups is 2. The Bertz CT molecular complexity index is 1250. The number of amides is 1. The Hall–Kier alpha value is -4.12. The summed E-state index contributed by atoms with van der Waals surface area (Å²) in [6.07, 6.45) is -2.22. The van der Waals surface area contributed by atoms with E-state index in [1.165, 1.54) is 10.9 Å². The molecule has 0 atom stereocenters. The standard InChI is InChI=1S/C22H22N4O2.C2HF3O2/c27-22(20-13-21(28-26-20)16-7-2-1-3-8-16)24-12-6-11-23-14-17-15-25-19-10-5-4-9-18(17)19;3-2(4,5)1(6)7/h1-5,7-10,13,15,23,25H,6,11-12,14H2,(H,24,27);(H,6,7). The third kappa shape index (κ3) is 7.44. The fourth-order valence-corrected chi connectivity index (χ4v) is 3.13. The lowest BCUT2D eigenvalue weighted by atomic mass is 10.1. The van der Waals surface area contributed by atoms with Gasteiger partial charge in [0.25, 0.3) is 5.91 Å². The van der Waals surface area contributed by atoms with Crippen molar-refractivity contribution < 1.29 is 32.4 Å². The van der Waals surface area contributed by atoms with Crippen molar-refractivity contribution in [1.29, 1.82) is 0 Å². The number of alkyl halides is 3. The monoisotopic (exact) mass is 488 g/mol. The van der Waals surface area contributed by atoms with E-state index in [0.29, 0.717) is 18.0 Å². The van der Waals surface area contributed by atoms with E-state index in [0.717, 1.165) is 30.6 Å². The molecule has 2 aromatic carbocycles. The van der Waals surface area contributed by atoms with E-state index in [4.69, 9.17) is 14.4 Å². The Kier molecular flexibility index (Phi) is 8.63. The number of rotatable bonds is 8. The normalized spacial score (nSPS) is 11.1. The summed E-state index contributed by atoms with van der Waals surface area (Å²) in [5, 5.41) is 18.5. The SMILES string of the molecule is O=C(NCCCNCc1c[nH]c2ccccc12)c1cc(-c2ccccc2)on1.O=C(O)C(F)(F)F. The van der Waals surface area contributed by atoms with Crippen LogP contribution in [0, 0.1) is 0 Å². The molecule has 1 amide bonds. The summed E-state index contributed by atoms with van der Waals surface area (Å²) in [5.41, 5.74) is 3.59. The van der Waals surface area contributed by atoms with Gasteiger partial charge in [0.05, 0.1) is 0 Å². The van der Waals surface area contributed by atoms with E-state index in [1.807, 2.05) is 48.7 Å². The second-order valence-corrected chi connectivity index (χ2v) is 7.39. The number of carboxylic acid groups (broad SMARTS) is 1. The molecule has 4 aromatic rings.